The Morgan fingerprint density at radius 1 is 1.00 bits per heavy atom. The minimum atomic E-state index is -3.77. The summed E-state index contributed by atoms with van der Waals surface area (Å²) in [4.78, 5) is 27.9. The molecule has 2 atom stereocenters. The smallest absolute Gasteiger partial charge is 0.244 e. The standard InChI is InChI=1S/C26H37N3O5S/c1-7-20(4)27-26(31)21(5)28(17-22-11-9-19(3)10-12-22)25(30)18-29(35(6,32)33)23-13-15-24(16-14-23)34-8-2/h9-16,20-21H,7-8,17-18H2,1-6H3,(H,27,31). The van der Waals surface area contributed by atoms with Gasteiger partial charge in [0.25, 0.3) is 0 Å². The number of hydrogen-bond acceptors (Lipinski definition) is 5. The van der Waals surface area contributed by atoms with Crippen molar-refractivity contribution < 1.29 is 22.7 Å². The van der Waals surface area contributed by atoms with Crippen LogP contribution in [0.3, 0.4) is 0 Å². The lowest BCUT2D eigenvalue weighted by Crippen LogP contribution is -2.52. The highest BCUT2D eigenvalue weighted by atomic mass is 32.2. The molecule has 0 aliphatic rings. The number of amides is 2. The first kappa shape index (κ1) is 28.2. The molecule has 0 spiro atoms. The Morgan fingerprint density at radius 2 is 1.60 bits per heavy atom. The molecule has 2 aromatic rings. The molecule has 0 fully saturated rings. The van der Waals surface area contributed by atoms with Crippen LogP contribution in [0.25, 0.3) is 0 Å². The largest absolute Gasteiger partial charge is 0.494 e. The van der Waals surface area contributed by atoms with Gasteiger partial charge in [0.15, 0.2) is 0 Å². The molecule has 0 heterocycles. The number of carbonyl (C=O) groups is 2. The van der Waals surface area contributed by atoms with Gasteiger partial charge in [-0.3, -0.25) is 13.9 Å². The van der Waals surface area contributed by atoms with Gasteiger partial charge in [0, 0.05) is 12.6 Å². The molecule has 9 heteroatoms. The van der Waals surface area contributed by atoms with Gasteiger partial charge in [-0.1, -0.05) is 36.8 Å². The molecule has 0 bridgehead atoms. The number of anilines is 1. The van der Waals surface area contributed by atoms with Crippen molar-refractivity contribution >= 4 is 27.5 Å². The summed E-state index contributed by atoms with van der Waals surface area (Å²) in [6, 6.07) is 13.4. The Morgan fingerprint density at radius 3 is 2.11 bits per heavy atom. The summed E-state index contributed by atoms with van der Waals surface area (Å²) in [6.45, 7) is 9.57. The second-order valence-corrected chi connectivity index (χ2v) is 10.6. The molecule has 0 radical (unpaired) electrons. The van der Waals surface area contributed by atoms with Crippen molar-refractivity contribution in [3.8, 4) is 5.75 Å². The Kier molecular flexibility index (Phi) is 10.1. The number of nitrogens with zero attached hydrogens (tertiary/aromatic N) is 2. The van der Waals surface area contributed by atoms with Crippen molar-refractivity contribution in [1.82, 2.24) is 10.2 Å². The number of nitrogens with one attached hydrogen (secondary N) is 1. The predicted octanol–water partition coefficient (Wildman–Crippen LogP) is 3.49. The molecule has 0 aliphatic carbocycles. The number of aryl methyl sites for hydroxylation is 1. The van der Waals surface area contributed by atoms with Crippen LogP contribution in [0.15, 0.2) is 48.5 Å². The van der Waals surface area contributed by atoms with Gasteiger partial charge in [0.05, 0.1) is 18.6 Å². The Balaban J connectivity index is 2.35. The highest BCUT2D eigenvalue weighted by molar-refractivity contribution is 7.92. The summed E-state index contributed by atoms with van der Waals surface area (Å²) in [7, 11) is -3.77. The molecule has 2 amide bonds. The van der Waals surface area contributed by atoms with E-state index in [0.717, 1.165) is 28.1 Å². The minimum absolute atomic E-state index is 0.0438. The van der Waals surface area contributed by atoms with Gasteiger partial charge in [0.1, 0.15) is 18.3 Å². The summed E-state index contributed by atoms with van der Waals surface area (Å²) in [5.74, 6) is -0.157. The van der Waals surface area contributed by atoms with E-state index in [1.807, 2.05) is 52.0 Å². The predicted molar refractivity (Wildman–Crippen MR) is 139 cm³/mol. The molecule has 192 valence electrons. The highest BCUT2D eigenvalue weighted by Crippen LogP contribution is 2.22. The van der Waals surface area contributed by atoms with Gasteiger partial charge in [-0.05, 0) is 63.9 Å². The average molecular weight is 504 g/mol. The highest BCUT2D eigenvalue weighted by Gasteiger charge is 2.30. The van der Waals surface area contributed by atoms with Crippen LogP contribution in [-0.4, -0.2) is 56.6 Å². The van der Waals surface area contributed by atoms with Crippen LogP contribution in [0.1, 0.15) is 45.2 Å². The van der Waals surface area contributed by atoms with Crippen LogP contribution in [0.2, 0.25) is 0 Å². The number of rotatable bonds is 12. The maximum absolute atomic E-state index is 13.5. The molecule has 0 saturated carbocycles. The van der Waals surface area contributed by atoms with E-state index in [1.54, 1.807) is 31.2 Å². The lowest BCUT2D eigenvalue weighted by atomic mass is 10.1. The van der Waals surface area contributed by atoms with Crippen LogP contribution < -0.4 is 14.4 Å². The Hall–Kier alpha value is -3.07. The monoisotopic (exact) mass is 503 g/mol. The number of sulfonamides is 1. The molecule has 2 unspecified atom stereocenters. The van der Waals surface area contributed by atoms with Crippen molar-refractivity contribution in [2.24, 2.45) is 0 Å². The topological polar surface area (TPSA) is 96.0 Å². The first-order valence-electron chi connectivity index (χ1n) is 11.8. The maximum Gasteiger partial charge on any atom is 0.244 e. The van der Waals surface area contributed by atoms with Gasteiger partial charge in [-0.15, -0.1) is 0 Å². The molecule has 0 aliphatic heterocycles. The molecule has 2 aromatic carbocycles. The Bertz CT molecular complexity index is 1080. The number of hydrogen-bond donors (Lipinski definition) is 1. The Labute approximate surface area is 209 Å². The molecule has 0 aromatic heterocycles. The molecular weight excluding hydrogens is 466 g/mol. The second-order valence-electron chi connectivity index (χ2n) is 8.70. The van der Waals surface area contributed by atoms with Crippen LogP contribution in [-0.2, 0) is 26.2 Å². The van der Waals surface area contributed by atoms with Gasteiger partial charge in [-0.25, -0.2) is 8.42 Å². The lowest BCUT2D eigenvalue weighted by Gasteiger charge is -2.32. The van der Waals surface area contributed by atoms with Gasteiger partial charge in [-0.2, -0.15) is 0 Å². The first-order chi connectivity index (χ1) is 16.5. The van der Waals surface area contributed by atoms with Crippen molar-refractivity contribution in [3.05, 3.63) is 59.7 Å². The van der Waals surface area contributed by atoms with Crippen LogP contribution >= 0.6 is 0 Å². The van der Waals surface area contributed by atoms with E-state index in [-0.39, 0.29) is 18.5 Å². The zero-order chi connectivity index (χ0) is 26.2. The third-order valence-electron chi connectivity index (χ3n) is 5.76. The van der Waals surface area contributed by atoms with Crippen molar-refractivity contribution in [1.29, 1.82) is 0 Å². The fraction of sp³-hybridized carbons (Fsp3) is 0.462. The molecular formula is C26H37N3O5S. The van der Waals surface area contributed by atoms with Gasteiger partial charge < -0.3 is 15.0 Å². The summed E-state index contributed by atoms with van der Waals surface area (Å²) in [5.41, 5.74) is 2.27. The molecule has 1 N–H and O–H groups in total. The van der Waals surface area contributed by atoms with E-state index >= 15 is 0 Å². The van der Waals surface area contributed by atoms with Crippen molar-refractivity contribution in [2.75, 3.05) is 23.7 Å². The molecule has 2 rings (SSSR count). The zero-order valence-corrected chi connectivity index (χ0v) is 22.3. The summed E-state index contributed by atoms with van der Waals surface area (Å²) in [6.07, 6.45) is 1.81. The van der Waals surface area contributed by atoms with Crippen LogP contribution in [0.4, 0.5) is 5.69 Å². The van der Waals surface area contributed by atoms with Crippen LogP contribution in [0, 0.1) is 6.92 Å². The summed E-state index contributed by atoms with van der Waals surface area (Å²) >= 11 is 0. The summed E-state index contributed by atoms with van der Waals surface area (Å²) < 4.78 is 31.7. The second kappa shape index (κ2) is 12.6. The molecule has 35 heavy (non-hydrogen) atoms. The van der Waals surface area contributed by atoms with Crippen molar-refractivity contribution in [3.63, 3.8) is 0 Å². The van der Waals surface area contributed by atoms with Gasteiger partial charge in [0.2, 0.25) is 21.8 Å². The average Bonchev–Trinajstić information content (AvgIpc) is 2.81. The number of carbonyl (C=O) groups excluding carboxylic acids is 2. The lowest BCUT2D eigenvalue weighted by molar-refractivity contribution is -0.139. The van der Waals surface area contributed by atoms with E-state index in [4.69, 9.17) is 4.74 Å². The van der Waals surface area contributed by atoms with E-state index in [1.165, 1.54) is 4.90 Å². The van der Waals surface area contributed by atoms with E-state index < -0.39 is 28.5 Å². The molecule has 0 saturated heterocycles. The minimum Gasteiger partial charge on any atom is -0.494 e. The fourth-order valence-corrected chi connectivity index (χ4v) is 4.28. The summed E-state index contributed by atoms with van der Waals surface area (Å²) in [5, 5.41) is 2.91. The van der Waals surface area contributed by atoms with E-state index in [0.29, 0.717) is 18.0 Å². The normalized spacial score (nSPS) is 13.0. The van der Waals surface area contributed by atoms with E-state index in [9.17, 15) is 18.0 Å². The maximum atomic E-state index is 13.5. The third-order valence-corrected chi connectivity index (χ3v) is 6.90. The van der Waals surface area contributed by atoms with E-state index in [2.05, 4.69) is 5.32 Å². The quantitative estimate of drug-likeness (QED) is 0.478. The van der Waals surface area contributed by atoms with Crippen LogP contribution in [0.5, 0.6) is 5.75 Å². The first-order valence-corrected chi connectivity index (χ1v) is 13.7. The number of ether oxygens (including phenoxy) is 1. The van der Waals surface area contributed by atoms with Gasteiger partial charge >= 0.3 is 0 Å². The molecule has 8 nitrogen and oxygen atoms in total. The SMILES string of the molecule is CCOc1ccc(N(CC(=O)N(Cc2ccc(C)cc2)C(C)C(=O)NC(C)CC)S(C)(=O)=O)cc1. The zero-order valence-electron chi connectivity index (χ0n) is 21.4. The number of benzene rings is 2. The van der Waals surface area contributed by atoms with Crippen molar-refractivity contribution in [2.45, 2.75) is 59.7 Å². The fourth-order valence-electron chi connectivity index (χ4n) is 3.43. The third kappa shape index (κ3) is 8.28.